The third kappa shape index (κ3) is 10.2. The highest BCUT2D eigenvalue weighted by Crippen LogP contribution is 2.30. The Hall–Kier alpha value is -0.610. The van der Waals surface area contributed by atoms with Gasteiger partial charge in [0.2, 0.25) is 0 Å². The predicted octanol–water partition coefficient (Wildman–Crippen LogP) is 5.74. The first-order valence-corrected chi connectivity index (χ1v) is 10.5. The zero-order valence-corrected chi connectivity index (χ0v) is 18.3. The van der Waals surface area contributed by atoms with Crippen LogP contribution in [0.2, 0.25) is 0 Å². The molecule has 4 nitrogen and oxygen atoms in total. The molecule has 0 aliphatic rings. The van der Waals surface area contributed by atoms with Crippen LogP contribution < -0.4 is 5.32 Å². The maximum Gasteiger partial charge on any atom is 0.305 e. The van der Waals surface area contributed by atoms with Gasteiger partial charge in [-0.25, -0.2) is 0 Å². The summed E-state index contributed by atoms with van der Waals surface area (Å²) in [6.07, 6.45) is 7.38. The Morgan fingerprint density at radius 3 is 1.96 bits per heavy atom. The second kappa shape index (κ2) is 15.6. The third-order valence-corrected chi connectivity index (χ3v) is 5.31. The van der Waals surface area contributed by atoms with E-state index in [0.717, 1.165) is 51.6 Å². The van der Waals surface area contributed by atoms with Crippen molar-refractivity contribution in [2.75, 3.05) is 20.3 Å². The van der Waals surface area contributed by atoms with Gasteiger partial charge in [0.1, 0.15) is 0 Å². The molecule has 0 radical (unpaired) electrons. The van der Waals surface area contributed by atoms with E-state index < -0.39 is 0 Å². The van der Waals surface area contributed by atoms with E-state index in [9.17, 15) is 4.79 Å². The minimum atomic E-state index is -0.192. The van der Waals surface area contributed by atoms with Crippen LogP contribution in [0, 0.1) is 0 Å². The molecule has 0 aromatic heterocycles. The first-order chi connectivity index (χ1) is 12.0. The summed E-state index contributed by atoms with van der Waals surface area (Å²) in [6, 6.07) is 0. The van der Waals surface area contributed by atoms with E-state index >= 15 is 0 Å². The van der Waals surface area contributed by atoms with Crippen LogP contribution in [0.15, 0.2) is 0 Å². The van der Waals surface area contributed by atoms with Gasteiger partial charge in [0.15, 0.2) is 0 Å². The molecule has 25 heavy (non-hydrogen) atoms. The summed E-state index contributed by atoms with van der Waals surface area (Å²) in [5.41, 5.74) is -0.0324. The van der Waals surface area contributed by atoms with Crippen LogP contribution in [0.25, 0.3) is 0 Å². The van der Waals surface area contributed by atoms with Crippen molar-refractivity contribution in [3.63, 3.8) is 0 Å². The average Bonchev–Trinajstić information content (AvgIpc) is 2.65. The molecule has 154 valence electrons. The Labute approximate surface area is 158 Å². The summed E-state index contributed by atoms with van der Waals surface area (Å²) in [6.45, 7) is 15.8. The standard InChI is InChI=1S/C19H39NO3.C2H6.H2/c1-7-13-19(10-4,14-12-17(21)22-11-5)23-16-15-18(8-2,9-3)20-6;1-2;/h20H,7-16H2,1-6H3;1-2H3;1H. The molecule has 0 rings (SSSR count). The number of ether oxygens (including phenoxy) is 2. The lowest BCUT2D eigenvalue weighted by atomic mass is 9.87. The molecule has 0 amide bonds. The summed E-state index contributed by atoms with van der Waals surface area (Å²) in [5, 5.41) is 3.46. The summed E-state index contributed by atoms with van der Waals surface area (Å²) in [5.74, 6) is -0.114. The molecule has 0 saturated heterocycles. The number of hydrogen-bond acceptors (Lipinski definition) is 4. The van der Waals surface area contributed by atoms with Gasteiger partial charge < -0.3 is 14.8 Å². The van der Waals surface area contributed by atoms with Crippen LogP contribution in [0.3, 0.4) is 0 Å². The number of nitrogens with one attached hydrogen (secondary N) is 1. The lowest BCUT2D eigenvalue weighted by molar-refractivity contribution is -0.146. The fourth-order valence-corrected chi connectivity index (χ4v) is 3.29. The second-order valence-electron chi connectivity index (χ2n) is 6.43. The highest BCUT2D eigenvalue weighted by molar-refractivity contribution is 5.69. The van der Waals surface area contributed by atoms with E-state index in [1.165, 1.54) is 0 Å². The predicted molar refractivity (Wildman–Crippen MR) is 110 cm³/mol. The van der Waals surface area contributed by atoms with Crippen LogP contribution in [-0.4, -0.2) is 37.4 Å². The quantitative estimate of drug-likeness (QED) is 0.401. The summed E-state index contributed by atoms with van der Waals surface area (Å²) < 4.78 is 11.4. The molecule has 0 aromatic rings. The molecule has 0 heterocycles. The highest BCUT2D eigenvalue weighted by atomic mass is 16.5. The van der Waals surface area contributed by atoms with Gasteiger partial charge in [0, 0.05) is 20.0 Å². The molecule has 1 unspecified atom stereocenters. The van der Waals surface area contributed by atoms with Crippen molar-refractivity contribution in [1.29, 1.82) is 0 Å². The Bertz CT molecular complexity index is 314. The molecule has 0 aliphatic carbocycles. The van der Waals surface area contributed by atoms with E-state index in [1.807, 2.05) is 27.8 Å². The topological polar surface area (TPSA) is 47.6 Å². The van der Waals surface area contributed by atoms with E-state index in [2.05, 4.69) is 33.0 Å². The van der Waals surface area contributed by atoms with Crippen molar-refractivity contribution in [2.24, 2.45) is 0 Å². The number of carbonyl (C=O) groups excluding carboxylic acids is 1. The lowest BCUT2D eigenvalue weighted by Crippen LogP contribution is -2.44. The maximum atomic E-state index is 11.7. The van der Waals surface area contributed by atoms with Crippen molar-refractivity contribution >= 4 is 5.97 Å². The van der Waals surface area contributed by atoms with Gasteiger partial charge in [-0.3, -0.25) is 4.79 Å². The van der Waals surface area contributed by atoms with E-state index in [1.54, 1.807) is 0 Å². The fourth-order valence-electron chi connectivity index (χ4n) is 3.29. The molecule has 4 heteroatoms. The van der Waals surface area contributed by atoms with Gasteiger partial charge in [-0.2, -0.15) is 0 Å². The van der Waals surface area contributed by atoms with Crippen molar-refractivity contribution in [1.82, 2.24) is 5.32 Å². The summed E-state index contributed by atoms with van der Waals surface area (Å²) in [7, 11) is 2.03. The minimum absolute atomic E-state index is 0. The normalized spacial score (nSPS) is 13.6. The van der Waals surface area contributed by atoms with Crippen LogP contribution >= 0.6 is 0 Å². The Kier molecular flexibility index (Phi) is 16.6. The van der Waals surface area contributed by atoms with Crippen LogP contribution in [0.4, 0.5) is 0 Å². The zero-order chi connectivity index (χ0) is 19.8. The fraction of sp³-hybridized carbons (Fsp3) is 0.952. The molecule has 1 atom stereocenters. The van der Waals surface area contributed by atoms with E-state index in [-0.39, 0.29) is 18.5 Å². The Balaban J connectivity index is -0.00000170. The molecule has 1 N–H and O–H groups in total. The highest BCUT2D eigenvalue weighted by Gasteiger charge is 2.31. The van der Waals surface area contributed by atoms with Crippen LogP contribution in [0.1, 0.15) is 101 Å². The second-order valence-corrected chi connectivity index (χ2v) is 6.43. The molecular weight excluding hydrogens is 314 g/mol. The van der Waals surface area contributed by atoms with Gasteiger partial charge in [0.25, 0.3) is 0 Å². The summed E-state index contributed by atoms with van der Waals surface area (Å²) in [4.78, 5) is 11.7. The van der Waals surface area contributed by atoms with Crippen LogP contribution in [-0.2, 0) is 14.3 Å². The first-order valence-electron chi connectivity index (χ1n) is 10.5. The van der Waals surface area contributed by atoms with Crippen molar-refractivity contribution in [3.8, 4) is 0 Å². The van der Waals surface area contributed by atoms with Gasteiger partial charge in [-0.1, -0.05) is 48.0 Å². The molecule has 0 aliphatic heterocycles. The number of hydrogen-bond donors (Lipinski definition) is 1. The molecule has 0 aromatic carbocycles. The van der Waals surface area contributed by atoms with Gasteiger partial charge in [0.05, 0.1) is 12.2 Å². The van der Waals surface area contributed by atoms with Crippen LogP contribution in [0.5, 0.6) is 0 Å². The first kappa shape index (κ1) is 26.6. The van der Waals surface area contributed by atoms with E-state index in [4.69, 9.17) is 9.47 Å². The number of esters is 1. The van der Waals surface area contributed by atoms with Crippen molar-refractivity contribution in [2.45, 2.75) is 111 Å². The summed E-state index contributed by atoms with van der Waals surface area (Å²) >= 11 is 0. The molecular formula is C21H47NO3. The van der Waals surface area contributed by atoms with E-state index in [0.29, 0.717) is 13.0 Å². The van der Waals surface area contributed by atoms with Crippen molar-refractivity contribution < 1.29 is 15.7 Å². The molecule has 0 bridgehead atoms. The number of carbonyl (C=O) groups is 1. The van der Waals surface area contributed by atoms with Gasteiger partial charge in [-0.05, 0) is 52.5 Å². The number of rotatable bonds is 14. The Morgan fingerprint density at radius 1 is 0.960 bits per heavy atom. The minimum Gasteiger partial charge on any atom is -0.466 e. The monoisotopic (exact) mass is 361 g/mol. The molecule has 0 saturated carbocycles. The average molecular weight is 362 g/mol. The SMILES string of the molecule is CC.CCCC(CC)(CCC(=O)OCC)OCCC(CC)(CC)NC.[HH]. The Morgan fingerprint density at radius 2 is 1.56 bits per heavy atom. The molecule has 0 fully saturated rings. The smallest absolute Gasteiger partial charge is 0.305 e. The largest absolute Gasteiger partial charge is 0.466 e. The zero-order valence-electron chi connectivity index (χ0n) is 18.3. The maximum absolute atomic E-state index is 11.7. The van der Waals surface area contributed by atoms with Gasteiger partial charge in [-0.15, -0.1) is 0 Å². The molecule has 0 spiro atoms. The lowest BCUT2D eigenvalue weighted by Gasteiger charge is -2.36. The van der Waals surface area contributed by atoms with Gasteiger partial charge >= 0.3 is 5.97 Å². The third-order valence-electron chi connectivity index (χ3n) is 5.31. The van der Waals surface area contributed by atoms with Crippen molar-refractivity contribution in [3.05, 3.63) is 0 Å².